The quantitative estimate of drug-likeness (QED) is 0.578. The van der Waals surface area contributed by atoms with Crippen molar-refractivity contribution >= 4 is 0 Å². The number of hydrogen-bond acceptors (Lipinski definition) is 0. The molecule has 0 spiro atoms. The molecule has 0 nitrogen and oxygen atoms in total. The third-order valence-corrected chi connectivity index (χ3v) is 7.31. The van der Waals surface area contributed by atoms with Gasteiger partial charge in [0, 0.05) is 23.7 Å². The van der Waals surface area contributed by atoms with E-state index in [0.717, 1.165) is 23.7 Å². The molecule has 6 unspecified atom stereocenters. The largest absolute Gasteiger partial charge is 0.0983 e. The van der Waals surface area contributed by atoms with Crippen molar-refractivity contribution in [1.29, 1.82) is 0 Å². The van der Waals surface area contributed by atoms with Gasteiger partial charge in [0.05, 0.1) is 0 Å². The van der Waals surface area contributed by atoms with Crippen LogP contribution in [0.2, 0.25) is 0 Å². The summed E-state index contributed by atoms with van der Waals surface area (Å²) in [7, 11) is 0. The Kier molecular flexibility index (Phi) is 2.53. The van der Waals surface area contributed by atoms with E-state index in [1.54, 1.807) is 0 Å². The molecule has 7 aliphatic carbocycles. The first-order valence-corrected chi connectivity index (χ1v) is 8.92. The van der Waals surface area contributed by atoms with E-state index < -0.39 is 0 Å². The molecular formula is C20H24. The van der Waals surface area contributed by atoms with Gasteiger partial charge < -0.3 is 0 Å². The number of rotatable bonds is 0. The van der Waals surface area contributed by atoms with E-state index in [2.05, 4.69) is 23.7 Å². The monoisotopic (exact) mass is 264 g/mol. The maximum Gasteiger partial charge on any atom is 0.0371 e. The van der Waals surface area contributed by atoms with Crippen LogP contribution in [0, 0.1) is 71.0 Å². The van der Waals surface area contributed by atoms with Crippen LogP contribution in [0.15, 0.2) is 0 Å². The predicted molar refractivity (Wildman–Crippen MR) is 80.4 cm³/mol. The summed E-state index contributed by atoms with van der Waals surface area (Å²) in [4.78, 5) is 0. The van der Waals surface area contributed by atoms with Crippen LogP contribution in [0.25, 0.3) is 0 Å². The van der Waals surface area contributed by atoms with E-state index in [1.165, 1.54) is 51.4 Å². The van der Waals surface area contributed by atoms with Crippen LogP contribution in [0.4, 0.5) is 0 Å². The minimum atomic E-state index is 0.610. The summed E-state index contributed by atoms with van der Waals surface area (Å²) in [5.41, 5.74) is 0. The zero-order chi connectivity index (χ0) is 13.1. The van der Waals surface area contributed by atoms with Gasteiger partial charge in [0.2, 0.25) is 0 Å². The van der Waals surface area contributed by atoms with Crippen LogP contribution in [0.3, 0.4) is 0 Å². The van der Waals surface area contributed by atoms with Gasteiger partial charge in [-0.15, -0.1) is 0 Å². The highest BCUT2D eigenvalue weighted by molar-refractivity contribution is 5.28. The Bertz CT molecular complexity index is 484. The van der Waals surface area contributed by atoms with Crippen molar-refractivity contribution < 1.29 is 0 Å². The summed E-state index contributed by atoms with van der Waals surface area (Å²) in [5.74, 6) is 21.0. The van der Waals surface area contributed by atoms with E-state index in [4.69, 9.17) is 0 Å². The summed E-state index contributed by atoms with van der Waals surface area (Å²) >= 11 is 0. The fourth-order valence-electron chi connectivity index (χ4n) is 6.26. The van der Waals surface area contributed by atoms with Gasteiger partial charge in [-0.2, -0.15) is 0 Å². The molecule has 0 heteroatoms. The lowest BCUT2D eigenvalue weighted by Crippen LogP contribution is -2.42. The van der Waals surface area contributed by atoms with Crippen molar-refractivity contribution in [3.05, 3.63) is 0 Å². The lowest BCUT2D eigenvalue weighted by atomic mass is 9.55. The Morgan fingerprint density at radius 3 is 1.30 bits per heavy atom. The minimum absolute atomic E-state index is 0.610. The summed E-state index contributed by atoms with van der Waals surface area (Å²) in [6.45, 7) is 0. The second-order valence-electron chi connectivity index (χ2n) is 8.00. The molecule has 0 aromatic carbocycles. The molecule has 0 radical (unpaired) electrons. The maximum atomic E-state index is 3.79. The van der Waals surface area contributed by atoms with Crippen molar-refractivity contribution in [2.24, 2.45) is 47.3 Å². The Morgan fingerprint density at radius 2 is 0.900 bits per heavy atom. The van der Waals surface area contributed by atoms with E-state index in [9.17, 15) is 0 Å². The van der Waals surface area contributed by atoms with Gasteiger partial charge in [-0.05, 0) is 75.0 Å². The van der Waals surface area contributed by atoms with Crippen LogP contribution in [0.1, 0.15) is 51.4 Å². The second-order valence-corrected chi connectivity index (χ2v) is 8.00. The number of hydrogen-bond donors (Lipinski definition) is 0. The highest BCUT2D eigenvalue weighted by Gasteiger charge is 2.46. The topological polar surface area (TPSA) is 0 Å². The van der Waals surface area contributed by atoms with Crippen molar-refractivity contribution in [2.75, 3.05) is 0 Å². The van der Waals surface area contributed by atoms with Crippen LogP contribution in [-0.2, 0) is 0 Å². The summed E-state index contributed by atoms with van der Waals surface area (Å²) in [6, 6.07) is 0. The lowest BCUT2D eigenvalue weighted by Gasteiger charge is -2.49. The van der Waals surface area contributed by atoms with Crippen molar-refractivity contribution in [3.63, 3.8) is 0 Å². The minimum Gasteiger partial charge on any atom is -0.0983 e. The van der Waals surface area contributed by atoms with Crippen LogP contribution >= 0.6 is 0 Å². The summed E-state index contributed by atoms with van der Waals surface area (Å²) in [5, 5.41) is 0. The van der Waals surface area contributed by atoms with E-state index in [1.807, 2.05) is 0 Å². The molecule has 6 atom stereocenters. The Labute approximate surface area is 123 Å². The average molecular weight is 264 g/mol. The van der Waals surface area contributed by atoms with E-state index >= 15 is 0 Å². The van der Waals surface area contributed by atoms with Crippen molar-refractivity contribution in [2.45, 2.75) is 51.4 Å². The van der Waals surface area contributed by atoms with Crippen LogP contribution < -0.4 is 0 Å². The summed E-state index contributed by atoms with van der Waals surface area (Å²) in [6.07, 6.45) is 11.6. The first-order chi connectivity index (χ1) is 9.90. The Hall–Kier alpha value is -0.880. The van der Waals surface area contributed by atoms with Crippen LogP contribution in [-0.4, -0.2) is 0 Å². The zero-order valence-corrected chi connectivity index (χ0v) is 12.3. The van der Waals surface area contributed by atoms with Gasteiger partial charge in [0.1, 0.15) is 0 Å². The molecule has 0 N–H and O–H groups in total. The zero-order valence-electron chi connectivity index (χ0n) is 12.3. The standard InChI is InChI=1S/C20H24/c1-2-14-4-3-13(1)17-9-10-18(14)20-12-11-19(17)15-5-7-16(20)8-6-15/h13-20H,1-5,7,9-10H2. The van der Waals surface area contributed by atoms with E-state index in [0.29, 0.717) is 23.7 Å². The molecular weight excluding hydrogens is 240 g/mol. The molecule has 7 rings (SSSR count). The van der Waals surface area contributed by atoms with Gasteiger partial charge in [0.25, 0.3) is 0 Å². The predicted octanol–water partition coefficient (Wildman–Crippen LogP) is 4.11. The Balaban J connectivity index is 1.69. The SMILES string of the molecule is C1#CC2CCC1C1C#CC2C2CCC1C1CCC2CC1. The molecule has 0 saturated heterocycles. The third kappa shape index (κ3) is 1.58. The first-order valence-electron chi connectivity index (χ1n) is 8.92. The smallest absolute Gasteiger partial charge is 0.0371 e. The molecule has 8 bridgehead atoms. The molecule has 0 heterocycles. The van der Waals surface area contributed by atoms with Gasteiger partial charge in [-0.3, -0.25) is 0 Å². The average Bonchev–Trinajstić information content (AvgIpc) is 2.45. The molecule has 7 aliphatic rings. The number of fused-ring (bicyclic) bond motifs is 3. The first kappa shape index (κ1) is 11.7. The molecule has 0 amide bonds. The lowest BCUT2D eigenvalue weighted by molar-refractivity contribution is 0.0432. The fourth-order valence-corrected chi connectivity index (χ4v) is 6.26. The highest BCUT2D eigenvalue weighted by atomic mass is 14.5. The molecule has 3 saturated carbocycles. The maximum absolute atomic E-state index is 3.79. The molecule has 104 valence electrons. The fraction of sp³-hybridized carbons (Fsp3) is 0.800. The van der Waals surface area contributed by atoms with Gasteiger partial charge in [-0.25, -0.2) is 0 Å². The molecule has 0 aliphatic heterocycles. The highest BCUT2D eigenvalue weighted by Crippen LogP contribution is 2.53. The second kappa shape index (κ2) is 4.31. The van der Waals surface area contributed by atoms with Gasteiger partial charge >= 0.3 is 0 Å². The molecule has 0 aromatic heterocycles. The molecule has 3 fully saturated rings. The van der Waals surface area contributed by atoms with Gasteiger partial charge in [0.15, 0.2) is 0 Å². The summed E-state index contributed by atoms with van der Waals surface area (Å²) < 4.78 is 0. The van der Waals surface area contributed by atoms with Gasteiger partial charge in [-0.1, -0.05) is 23.7 Å². The van der Waals surface area contributed by atoms with E-state index in [-0.39, 0.29) is 0 Å². The normalized spacial score (nSPS) is 54.4. The van der Waals surface area contributed by atoms with Crippen LogP contribution in [0.5, 0.6) is 0 Å². The Morgan fingerprint density at radius 1 is 0.450 bits per heavy atom. The molecule has 0 aromatic rings. The molecule has 20 heavy (non-hydrogen) atoms. The van der Waals surface area contributed by atoms with Crippen molar-refractivity contribution in [1.82, 2.24) is 0 Å². The third-order valence-electron chi connectivity index (χ3n) is 7.31. The van der Waals surface area contributed by atoms with Crippen molar-refractivity contribution in [3.8, 4) is 23.7 Å².